The van der Waals surface area contributed by atoms with Crippen LogP contribution in [-0.4, -0.2) is 57.6 Å². The molecule has 0 N–H and O–H groups in total. The monoisotopic (exact) mass is 349 g/mol. The molecule has 3 heterocycles. The van der Waals surface area contributed by atoms with E-state index in [2.05, 4.69) is 4.90 Å². The lowest BCUT2D eigenvalue weighted by Gasteiger charge is -2.29. The molecule has 4 rings (SSSR count). The second-order valence-electron chi connectivity index (χ2n) is 7.91. The Balaban J connectivity index is 1.33. The molecule has 0 amide bonds. The predicted octanol–water partition coefficient (Wildman–Crippen LogP) is 2.72. The van der Waals surface area contributed by atoms with Crippen LogP contribution < -0.4 is 0 Å². The topological polar surface area (TPSA) is 30.9 Å². The highest BCUT2D eigenvalue weighted by Crippen LogP contribution is 2.42. The number of likely N-dealkylation sites (tertiary alicyclic amines) is 1. The number of hydrogen-bond acceptors (Lipinski definition) is 4. The number of fused-ring (bicyclic) bond motifs is 1. The van der Waals surface area contributed by atoms with Gasteiger partial charge in [-0.05, 0) is 24.8 Å². The lowest BCUT2D eigenvalue weighted by molar-refractivity contribution is -0.0157. The van der Waals surface area contributed by atoms with E-state index in [9.17, 15) is 4.39 Å². The van der Waals surface area contributed by atoms with Gasteiger partial charge in [-0.1, -0.05) is 18.2 Å². The summed E-state index contributed by atoms with van der Waals surface area (Å²) in [4.78, 5) is 2.36. The van der Waals surface area contributed by atoms with Crippen LogP contribution in [0.15, 0.2) is 24.3 Å². The molecule has 5 heteroatoms. The van der Waals surface area contributed by atoms with E-state index in [0.29, 0.717) is 18.4 Å². The maximum Gasteiger partial charge on any atom is 0.127 e. The quantitative estimate of drug-likeness (QED) is 0.790. The Labute approximate surface area is 149 Å². The molecule has 2 atom stereocenters. The largest absolute Gasteiger partial charge is 0.381 e. The lowest BCUT2D eigenvalue weighted by Crippen LogP contribution is -2.36. The maximum absolute atomic E-state index is 14.0. The Morgan fingerprint density at radius 2 is 2.04 bits per heavy atom. The van der Waals surface area contributed by atoms with Crippen molar-refractivity contribution in [3.05, 3.63) is 35.6 Å². The highest BCUT2D eigenvalue weighted by Gasteiger charge is 2.50. The molecule has 4 nitrogen and oxygen atoms in total. The second-order valence-corrected chi connectivity index (χ2v) is 7.91. The van der Waals surface area contributed by atoms with Crippen LogP contribution >= 0.6 is 0 Å². The fraction of sp³-hybridized carbons (Fsp3) is 0.700. The second kappa shape index (κ2) is 7.70. The van der Waals surface area contributed by atoms with Gasteiger partial charge in [-0.2, -0.15) is 0 Å². The van der Waals surface area contributed by atoms with Crippen LogP contribution in [-0.2, 0) is 20.8 Å². The fourth-order valence-electron chi connectivity index (χ4n) is 4.48. The first kappa shape index (κ1) is 17.4. The number of halogens is 1. The van der Waals surface area contributed by atoms with Gasteiger partial charge in [0, 0.05) is 56.4 Å². The van der Waals surface area contributed by atoms with Crippen molar-refractivity contribution in [2.75, 3.05) is 52.7 Å². The van der Waals surface area contributed by atoms with Gasteiger partial charge in [-0.15, -0.1) is 0 Å². The Hall–Kier alpha value is -1.01. The number of rotatable bonds is 6. The highest BCUT2D eigenvalue weighted by atomic mass is 19.1. The summed E-state index contributed by atoms with van der Waals surface area (Å²) in [7, 11) is 0. The Bertz CT molecular complexity index is 578. The standard InChI is InChI=1S/C20H28FNO3/c21-19-4-2-1-3-17(19)9-22-10-18-12-25-15-20(18,13-22)14-24-11-16-5-7-23-8-6-16/h1-4,16,18H,5-15H2/t18-,20-/m1/s1. The minimum absolute atomic E-state index is 0.0798. The highest BCUT2D eigenvalue weighted by molar-refractivity contribution is 5.17. The molecule has 1 aromatic rings. The molecule has 0 saturated carbocycles. The third-order valence-electron chi connectivity index (χ3n) is 6.03. The average molecular weight is 349 g/mol. The molecule has 1 aromatic carbocycles. The fourth-order valence-corrected chi connectivity index (χ4v) is 4.48. The molecule has 0 unspecified atom stereocenters. The van der Waals surface area contributed by atoms with Crippen molar-refractivity contribution in [1.29, 1.82) is 0 Å². The zero-order valence-corrected chi connectivity index (χ0v) is 14.8. The maximum atomic E-state index is 14.0. The van der Waals surface area contributed by atoms with Crippen LogP contribution in [0.5, 0.6) is 0 Å². The van der Waals surface area contributed by atoms with Gasteiger partial charge in [-0.3, -0.25) is 4.90 Å². The molecule has 0 bridgehead atoms. The molecule has 138 valence electrons. The normalized spacial score (nSPS) is 30.7. The number of benzene rings is 1. The average Bonchev–Trinajstić information content (AvgIpc) is 3.14. The summed E-state index contributed by atoms with van der Waals surface area (Å²) in [5.41, 5.74) is 0.859. The summed E-state index contributed by atoms with van der Waals surface area (Å²) in [6, 6.07) is 7.08. The van der Waals surface area contributed by atoms with Crippen LogP contribution in [0.25, 0.3) is 0 Å². The summed E-state index contributed by atoms with van der Waals surface area (Å²) in [5, 5.41) is 0. The molecule has 0 aromatic heterocycles. The van der Waals surface area contributed by atoms with E-state index in [0.717, 1.165) is 71.1 Å². The molecule has 0 aliphatic carbocycles. The van der Waals surface area contributed by atoms with Gasteiger partial charge < -0.3 is 14.2 Å². The molecule has 3 saturated heterocycles. The third kappa shape index (κ3) is 3.90. The van der Waals surface area contributed by atoms with Crippen molar-refractivity contribution in [3.63, 3.8) is 0 Å². The van der Waals surface area contributed by atoms with E-state index in [-0.39, 0.29) is 11.2 Å². The molecule has 0 radical (unpaired) electrons. The number of hydrogen-bond donors (Lipinski definition) is 0. The Morgan fingerprint density at radius 3 is 2.88 bits per heavy atom. The molecule has 3 aliphatic rings. The van der Waals surface area contributed by atoms with E-state index in [1.807, 2.05) is 12.1 Å². The minimum Gasteiger partial charge on any atom is -0.381 e. The van der Waals surface area contributed by atoms with Crippen molar-refractivity contribution in [1.82, 2.24) is 4.90 Å². The van der Waals surface area contributed by atoms with Crippen LogP contribution in [0.3, 0.4) is 0 Å². The van der Waals surface area contributed by atoms with E-state index >= 15 is 0 Å². The van der Waals surface area contributed by atoms with Gasteiger partial charge in [-0.25, -0.2) is 4.39 Å². The predicted molar refractivity (Wildman–Crippen MR) is 92.8 cm³/mol. The zero-order valence-electron chi connectivity index (χ0n) is 14.8. The summed E-state index contributed by atoms with van der Waals surface area (Å²) < 4.78 is 31.3. The number of ether oxygens (including phenoxy) is 3. The molecular weight excluding hydrogens is 321 g/mol. The third-order valence-corrected chi connectivity index (χ3v) is 6.03. The van der Waals surface area contributed by atoms with E-state index in [4.69, 9.17) is 14.2 Å². The summed E-state index contributed by atoms with van der Waals surface area (Å²) in [5.74, 6) is 1.01. The van der Waals surface area contributed by atoms with Gasteiger partial charge in [0.25, 0.3) is 0 Å². The SMILES string of the molecule is Fc1ccccc1CN1C[C@@H]2COC[C@]2(COCC2CCOCC2)C1. The van der Waals surface area contributed by atoms with Crippen molar-refractivity contribution in [2.24, 2.45) is 17.3 Å². The van der Waals surface area contributed by atoms with E-state index in [1.165, 1.54) is 0 Å². The Kier molecular flexibility index (Phi) is 5.36. The van der Waals surface area contributed by atoms with Crippen molar-refractivity contribution in [3.8, 4) is 0 Å². The molecule has 3 aliphatic heterocycles. The minimum atomic E-state index is -0.111. The Morgan fingerprint density at radius 1 is 1.20 bits per heavy atom. The van der Waals surface area contributed by atoms with Crippen LogP contribution in [0.1, 0.15) is 18.4 Å². The van der Waals surface area contributed by atoms with Gasteiger partial charge in [0.1, 0.15) is 5.82 Å². The first-order valence-electron chi connectivity index (χ1n) is 9.44. The lowest BCUT2D eigenvalue weighted by atomic mass is 9.82. The molecule has 25 heavy (non-hydrogen) atoms. The van der Waals surface area contributed by atoms with Crippen molar-refractivity contribution in [2.45, 2.75) is 19.4 Å². The van der Waals surface area contributed by atoms with Crippen LogP contribution in [0.4, 0.5) is 4.39 Å². The molecule has 3 fully saturated rings. The van der Waals surface area contributed by atoms with Gasteiger partial charge >= 0.3 is 0 Å². The van der Waals surface area contributed by atoms with Crippen molar-refractivity contribution >= 4 is 0 Å². The van der Waals surface area contributed by atoms with Gasteiger partial charge in [0.05, 0.1) is 19.8 Å². The van der Waals surface area contributed by atoms with Crippen molar-refractivity contribution < 1.29 is 18.6 Å². The zero-order chi connectivity index (χ0) is 17.1. The smallest absolute Gasteiger partial charge is 0.127 e. The van der Waals surface area contributed by atoms with E-state index < -0.39 is 0 Å². The van der Waals surface area contributed by atoms with Crippen LogP contribution in [0.2, 0.25) is 0 Å². The number of nitrogens with zero attached hydrogens (tertiary/aromatic N) is 1. The van der Waals surface area contributed by atoms with E-state index in [1.54, 1.807) is 12.1 Å². The molecule has 0 spiro atoms. The molecular formula is C20H28FNO3. The van der Waals surface area contributed by atoms with Gasteiger partial charge in [0.2, 0.25) is 0 Å². The first-order chi connectivity index (χ1) is 12.3. The summed E-state index contributed by atoms with van der Waals surface area (Å²) in [6.45, 7) is 7.43. The van der Waals surface area contributed by atoms with Gasteiger partial charge in [0.15, 0.2) is 0 Å². The summed E-state index contributed by atoms with van der Waals surface area (Å²) >= 11 is 0. The van der Waals surface area contributed by atoms with Crippen LogP contribution in [0, 0.1) is 23.1 Å². The first-order valence-corrected chi connectivity index (χ1v) is 9.44. The summed E-state index contributed by atoms with van der Waals surface area (Å²) in [6.07, 6.45) is 2.21.